The highest BCUT2D eigenvalue weighted by Crippen LogP contribution is 2.19. The first-order valence-electron chi connectivity index (χ1n) is 9.24. The maximum atomic E-state index is 12.6. The molecular formula is C18H25N5O4S. The predicted octanol–water partition coefficient (Wildman–Crippen LogP) is 1.53. The third-order valence-electron chi connectivity index (χ3n) is 4.60. The van der Waals surface area contributed by atoms with Gasteiger partial charge in [-0.15, -0.1) is 0 Å². The van der Waals surface area contributed by atoms with E-state index >= 15 is 0 Å². The standard InChI is InChI=1S/C18H25N5O4S/c1-3-22(4-2)17-6-5-14(12-20-17)21-18(24)16-11-15(13-19-16)28(25,26)23-7-9-27-10-8-23/h5-6,11-13,19H,3-4,7-10H2,1-2H3,(H,21,24). The Morgan fingerprint density at radius 2 is 2.00 bits per heavy atom. The lowest BCUT2D eigenvalue weighted by Crippen LogP contribution is -2.40. The number of nitrogens with one attached hydrogen (secondary N) is 2. The van der Waals surface area contributed by atoms with E-state index in [0.29, 0.717) is 32.0 Å². The topological polar surface area (TPSA) is 108 Å². The van der Waals surface area contributed by atoms with Crippen molar-refractivity contribution in [2.75, 3.05) is 49.6 Å². The van der Waals surface area contributed by atoms with Crippen LogP contribution in [0.5, 0.6) is 0 Å². The number of nitrogens with zero attached hydrogens (tertiary/aromatic N) is 3. The first kappa shape index (κ1) is 20.3. The highest BCUT2D eigenvalue weighted by atomic mass is 32.2. The number of sulfonamides is 1. The minimum Gasteiger partial charge on any atom is -0.379 e. The number of carbonyl (C=O) groups excluding carboxylic acids is 1. The summed E-state index contributed by atoms with van der Waals surface area (Å²) < 4.78 is 31.8. The van der Waals surface area contributed by atoms with Gasteiger partial charge in [-0.25, -0.2) is 13.4 Å². The summed E-state index contributed by atoms with van der Waals surface area (Å²) in [4.78, 5) is 21.7. The molecule has 0 spiro atoms. The van der Waals surface area contributed by atoms with Crippen molar-refractivity contribution in [3.8, 4) is 0 Å². The predicted molar refractivity (Wildman–Crippen MR) is 106 cm³/mol. The SMILES string of the molecule is CCN(CC)c1ccc(NC(=O)c2cc(S(=O)(=O)N3CCOCC3)c[nH]2)cn1. The number of anilines is 2. The molecule has 10 heteroatoms. The average molecular weight is 407 g/mol. The second kappa shape index (κ2) is 8.72. The number of hydrogen-bond acceptors (Lipinski definition) is 6. The number of rotatable bonds is 7. The summed E-state index contributed by atoms with van der Waals surface area (Å²) in [5, 5.41) is 2.73. The van der Waals surface area contributed by atoms with E-state index in [4.69, 9.17) is 4.74 Å². The number of amides is 1. The molecule has 152 valence electrons. The lowest BCUT2D eigenvalue weighted by molar-refractivity contribution is 0.0730. The van der Waals surface area contributed by atoms with Gasteiger partial charge >= 0.3 is 0 Å². The fourth-order valence-electron chi connectivity index (χ4n) is 2.98. The Balaban J connectivity index is 1.69. The van der Waals surface area contributed by atoms with Gasteiger partial charge in [0.25, 0.3) is 5.91 Å². The Morgan fingerprint density at radius 1 is 1.29 bits per heavy atom. The molecule has 0 radical (unpaired) electrons. The van der Waals surface area contributed by atoms with Crippen LogP contribution in [0.4, 0.5) is 11.5 Å². The van der Waals surface area contributed by atoms with Crippen LogP contribution < -0.4 is 10.2 Å². The van der Waals surface area contributed by atoms with Gasteiger partial charge in [-0.1, -0.05) is 0 Å². The number of hydrogen-bond donors (Lipinski definition) is 2. The molecule has 0 aliphatic carbocycles. The summed E-state index contributed by atoms with van der Waals surface area (Å²) in [6.45, 7) is 7.14. The Labute approximate surface area is 164 Å². The van der Waals surface area contributed by atoms with Crippen LogP contribution in [0.3, 0.4) is 0 Å². The van der Waals surface area contributed by atoms with Crippen molar-refractivity contribution in [2.24, 2.45) is 0 Å². The van der Waals surface area contributed by atoms with Crippen molar-refractivity contribution in [3.05, 3.63) is 36.3 Å². The quantitative estimate of drug-likeness (QED) is 0.721. The van der Waals surface area contributed by atoms with Gasteiger partial charge in [0.1, 0.15) is 16.4 Å². The molecule has 1 fully saturated rings. The first-order chi connectivity index (χ1) is 13.5. The van der Waals surface area contributed by atoms with Crippen molar-refractivity contribution >= 4 is 27.4 Å². The van der Waals surface area contributed by atoms with Gasteiger partial charge in [0.2, 0.25) is 10.0 Å². The van der Waals surface area contributed by atoms with E-state index in [2.05, 4.69) is 34.0 Å². The Kier molecular flexibility index (Phi) is 6.32. The lowest BCUT2D eigenvalue weighted by Gasteiger charge is -2.25. The number of ether oxygens (including phenoxy) is 1. The van der Waals surface area contributed by atoms with E-state index in [1.165, 1.54) is 16.6 Å². The fourth-order valence-corrected chi connectivity index (χ4v) is 4.39. The van der Waals surface area contributed by atoms with Crippen LogP contribution >= 0.6 is 0 Å². The fraction of sp³-hybridized carbons (Fsp3) is 0.444. The molecule has 1 saturated heterocycles. The van der Waals surface area contributed by atoms with Gasteiger partial charge in [0.05, 0.1) is 25.1 Å². The highest BCUT2D eigenvalue weighted by Gasteiger charge is 2.28. The highest BCUT2D eigenvalue weighted by molar-refractivity contribution is 7.89. The van der Waals surface area contributed by atoms with Crippen LogP contribution in [0.15, 0.2) is 35.5 Å². The van der Waals surface area contributed by atoms with Gasteiger partial charge in [0.15, 0.2) is 0 Å². The van der Waals surface area contributed by atoms with Crippen LogP contribution in [-0.2, 0) is 14.8 Å². The molecule has 0 aromatic carbocycles. The zero-order valence-corrected chi connectivity index (χ0v) is 16.8. The Bertz CT molecular complexity index is 900. The molecular weight excluding hydrogens is 382 g/mol. The molecule has 1 aliphatic rings. The summed E-state index contributed by atoms with van der Waals surface area (Å²) in [5.41, 5.74) is 0.702. The molecule has 28 heavy (non-hydrogen) atoms. The van der Waals surface area contributed by atoms with Gasteiger partial charge in [-0.2, -0.15) is 4.31 Å². The zero-order chi connectivity index (χ0) is 20.1. The van der Waals surface area contributed by atoms with Crippen LogP contribution in [0.1, 0.15) is 24.3 Å². The largest absolute Gasteiger partial charge is 0.379 e. The summed E-state index contributed by atoms with van der Waals surface area (Å²) in [5.74, 6) is 0.405. The monoisotopic (exact) mass is 407 g/mol. The normalized spacial score (nSPS) is 15.4. The molecule has 1 amide bonds. The minimum atomic E-state index is -3.64. The van der Waals surface area contributed by atoms with Crippen molar-refractivity contribution in [1.29, 1.82) is 0 Å². The van der Waals surface area contributed by atoms with E-state index in [0.717, 1.165) is 18.9 Å². The van der Waals surface area contributed by atoms with E-state index in [-0.39, 0.29) is 10.6 Å². The number of pyridine rings is 1. The molecule has 0 unspecified atom stereocenters. The summed E-state index contributed by atoms with van der Waals surface area (Å²) in [7, 11) is -3.64. The smallest absolute Gasteiger partial charge is 0.272 e. The van der Waals surface area contributed by atoms with Crippen molar-refractivity contribution in [3.63, 3.8) is 0 Å². The Morgan fingerprint density at radius 3 is 2.61 bits per heavy atom. The van der Waals surface area contributed by atoms with Crippen molar-refractivity contribution in [1.82, 2.24) is 14.3 Å². The first-order valence-corrected chi connectivity index (χ1v) is 10.7. The van der Waals surface area contributed by atoms with Crippen LogP contribution in [0.2, 0.25) is 0 Å². The average Bonchev–Trinajstić information content (AvgIpc) is 3.22. The molecule has 0 atom stereocenters. The van der Waals surface area contributed by atoms with Crippen LogP contribution in [0.25, 0.3) is 0 Å². The Hall–Kier alpha value is -2.43. The molecule has 0 saturated carbocycles. The van der Waals surface area contributed by atoms with Gasteiger partial charge < -0.3 is 19.9 Å². The zero-order valence-electron chi connectivity index (χ0n) is 16.0. The van der Waals surface area contributed by atoms with E-state index in [1.807, 2.05) is 6.07 Å². The van der Waals surface area contributed by atoms with E-state index in [1.54, 1.807) is 12.3 Å². The molecule has 0 bridgehead atoms. The van der Waals surface area contributed by atoms with Crippen LogP contribution in [0, 0.1) is 0 Å². The second-order valence-electron chi connectivity index (χ2n) is 6.30. The van der Waals surface area contributed by atoms with Gasteiger partial charge in [-0.05, 0) is 32.0 Å². The lowest BCUT2D eigenvalue weighted by atomic mass is 10.3. The molecule has 2 aromatic heterocycles. The maximum absolute atomic E-state index is 12.6. The molecule has 2 N–H and O–H groups in total. The molecule has 1 aliphatic heterocycles. The summed E-state index contributed by atoms with van der Waals surface area (Å²) in [6.07, 6.45) is 2.92. The number of aromatic nitrogens is 2. The third kappa shape index (κ3) is 4.34. The van der Waals surface area contributed by atoms with Crippen LogP contribution in [-0.4, -0.2) is 68.0 Å². The van der Waals surface area contributed by atoms with E-state index in [9.17, 15) is 13.2 Å². The summed E-state index contributed by atoms with van der Waals surface area (Å²) >= 11 is 0. The number of aromatic amines is 1. The third-order valence-corrected chi connectivity index (χ3v) is 6.48. The summed E-state index contributed by atoms with van der Waals surface area (Å²) in [6, 6.07) is 4.95. The van der Waals surface area contributed by atoms with Crippen molar-refractivity contribution < 1.29 is 17.9 Å². The second-order valence-corrected chi connectivity index (χ2v) is 8.23. The number of H-pyrrole nitrogens is 1. The molecule has 3 heterocycles. The van der Waals surface area contributed by atoms with E-state index < -0.39 is 15.9 Å². The van der Waals surface area contributed by atoms with Crippen molar-refractivity contribution in [2.45, 2.75) is 18.7 Å². The van der Waals surface area contributed by atoms with Gasteiger partial charge in [0, 0.05) is 32.4 Å². The molecule has 9 nitrogen and oxygen atoms in total. The number of morpholine rings is 1. The molecule has 2 aromatic rings. The maximum Gasteiger partial charge on any atom is 0.272 e. The minimum absolute atomic E-state index is 0.0644. The molecule has 3 rings (SSSR count). The van der Waals surface area contributed by atoms with Gasteiger partial charge in [-0.3, -0.25) is 4.79 Å². The number of carbonyl (C=O) groups is 1.